The molecular formula is C16H16ClNO2. The monoisotopic (exact) mass is 289 g/mol. The highest BCUT2D eigenvalue weighted by atomic mass is 35.5. The van der Waals surface area contributed by atoms with Crippen LogP contribution in [-0.4, -0.2) is 19.4 Å². The Morgan fingerprint density at radius 1 is 1.20 bits per heavy atom. The van der Waals surface area contributed by atoms with Gasteiger partial charge in [-0.2, -0.15) is 0 Å². The van der Waals surface area contributed by atoms with Gasteiger partial charge < -0.3 is 10.1 Å². The summed E-state index contributed by atoms with van der Waals surface area (Å²) in [5.74, 6) is 0.728. The molecule has 0 radical (unpaired) electrons. The molecule has 0 heterocycles. The minimum absolute atomic E-state index is 0.0397. The Hall–Kier alpha value is -1.84. The molecule has 0 saturated carbocycles. The van der Waals surface area contributed by atoms with E-state index in [2.05, 4.69) is 5.32 Å². The van der Waals surface area contributed by atoms with Gasteiger partial charge in [0.1, 0.15) is 5.75 Å². The van der Waals surface area contributed by atoms with Gasteiger partial charge in [0.05, 0.1) is 13.7 Å². The second-order valence-electron chi connectivity index (χ2n) is 4.39. The minimum atomic E-state index is 0.0397. The third-order valence-electron chi connectivity index (χ3n) is 2.92. The van der Waals surface area contributed by atoms with Crippen molar-refractivity contribution in [3.05, 3.63) is 64.7 Å². The standard InChI is InChI=1S/C16H16ClNO2/c1-20-15-4-2-3-13(9-15)16(19)11-18-10-12-5-7-14(17)8-6-12/h2-9,18H,10-11H2,1H3. The van der Waals surface area contributed by atoms with E-state index in [1.165, 1.54) is 0 Å². The Morgan fingerprint density at radius 3 is 2.65 bits per heavy atom. The summed E-state index contributed by atoms with van der Waals surface area (Å²) in [5, 5.41) is 3.83. The van der Waals surface area contributed by atoms with Crippen LogP contribution < -0.4 is 10.1 Å². The fourth-order valence-electron chi connectivity index (χ4n) is 1.82. The normalized spacial score (nSPS) is 10.3. The second kappa shape index (κ2) is 7.08. The topological polar surface area (TPSA) is 38.3 Å². The average molecular weight is 290 g/mol. The van der Waals surface area contributed by atoms with Crippen molar-refractivity contribution in [1.82, 2.24) is 5.32 Å². The predicted octanol–water partition coefficient (Wildman–Crippen LogP) is 3.32. The number of hydrogen-bond donors (Lipinski definition) is 1. The molecule has 3 nitrogen and oxygen atoms in total. The van der Waals surface area contributed by atoms with E-state index < -0.39 is 0 Å². The summed E-state index contributed by atoms with van der Waals surface area (Å²) < 4.78 is 5.10. The van der Waals surface area contributed by atoms with E-state index in [1.807, 2.05) is 36.4 Å². The number of hydrogen-bond acceptors (Lipinski definition) is 3. The number of methoxy groups -OCH3 is 1. The molecule has 4 heteroatoms. The van der Waals surface area contributed by atoms with Crippen molar-refractivity contribution in [2.45, 2.75) is 6.54 Å². The van der Waals surface area contributed by atoms with Gasteiger partial charge in [0, 0.05) is 17.1 Å². The van der Waals surface area contributed by atoms with Crippen molar-refractivity contribution >= 4 is 17.4 Å². The fraction of sp³-hybridized carbons (Fsp3) is 0.188. The Morgan fingerprint density at radius 2 is 1.95 bits per heavy atom. The van der Waals surface area contributed by atoms with Crippen molar-refractivity contribution in [3.8, 4) is 5.75 Å². The number of carbonyl (C=O) groups is 1. The Kier molecular flexibility index (Phi) is 5.16. The zero-order chi connectivity index (χ0) is 14.4. The molecule has 0 aromatic heterocycles. The Balaban J connectivity index is 1.87. The minimum Gasteiger partial charge on any atom is -0.497 e. The number of halogens is 1. The van der Waals surface area contributed by atoms with Crippen LogP contribution in [0.4, 0.5) is 0 Å². The molecule has 0 saturated heterocycles. The summed E-state index contributed by atoms with van der Waals surface area (Å²) >= 11 is 5.82. The molecule has 0 unspecified atom stereocenters. The van der Waals surface area contributed by atoms with E-state index in [0.29, 0.717) is 22.9 Å². The molecule has 2 rings (SSSR count). The van der Waals surface area contributed by atoms with E-state index in [0.717, 1.165) is 5.56 Å². The molecule has 0 spiro atoms. The maximum absolute atomic E-state index is 12.0. The Bertz CT molecular complexity index is 581. The van der Waals surface area contributed by atoms with Gasteiger partial charge in [-0.15, -0.1) is 0 Å². The van der Waals surface area contributed by atoms with Crippen LogP contribution in [0.25, 0.3) is 0 Å². The van der Waals surface area contributed by atoms with Crippen LogP contribution in [0.2, 0.25) is 5.02 Å². The number of ether oxygens (including phenoxy) is 1. The maximum Gasteiger partial charge on any atom is 0.176 e. The summed E-state index contributed by atoms with van der Waals surface area (Å²) in [6.07, 6.45) is 0. The molecule has 0 fully saturated rings. The third kappa shape index (κ3) is 4.08. The van der Waals surface area contributed by atoms with Crippen LogP contribution in [0, 0.1) is 0 Å². The molecule has 104 valence electrons. The SMILES string of the molecule is COc1cccc(C(=O)CNCc2ccc(Cl)cc2)c1. The van der Waals surface area contributed by atoms with E-state index in [4.69, 9.17) is 16.3 Å². The van der Waals surface area contributed by atoms with Gasteiger partial charge >= 0.3 is 0 Å². The summed E-state index contributed by atoms with van der Waals surface area (Å²) in [5.41, 5.74) is 1.74. The Labute approximate surface area is 123 Å². The number of ketones is 1. The lowest BCUT2D eigenvalue weighted by Gasteiger charge is -2.06. The molecule has 0 amide bonds. The zero-order valence-electron chi connectivity index (χ0n) is 11.2. The van der Waals surface area contributed by atoms with Gasteiger partial charge in [-0.3, -0.25) is 4.79 Å². The maximum atomic E-state index is 12.0. The van der Waals surface area contributed by atoms with E-state index >= 15 is 0 Å². The highest BCUT2D eigenvalue weighted by molar-refractivity contribution is 6.30. The molecule has 0 aliphatic heterocycles. The number of benzene rings is 2. The van der Waals surface area contributed by atoms with Gasteiger partial charge in [-0.05, 0) is 29.8 Å². The number of rotatable bonds is 6. The van der Waals surface area contributed by atoms with E-state index in [-0.39, 0.29) is 12.3 Å². The van der Waals surface area contributed by atoms with Gasteiger partial charge in [0.25, 0.3) is 0 Å². The third-order valence-corrected chi connectivity index (χ3v) is 3.17. The van der Waals surface area contributed by atoms with Crippen LogP contribution in [-0.2, 0) is 6.54 Å². The van der Waals surface area contributed by atoms with E-state index in [9.17, 15) is 4.79 Å². The smallest absolute Gasteiger partial charge is 0.176 e. The summed E-state index contributed by atoms with van der Waals surface area (Å²) in [7, 11) is 1.59. The van der Waals surface area contributed by atoms with Crippen LogP contribution in [0.5, 0.6) is 5.75 Å². The fourth-order valence-corrected chi connectivity index (χ4v) is 1.95. The summed E-state index contributed by atoms with van der Waals surface area (Å²) in [6, 6.07) is 14.7. The van der Waals surface area contributed by atoms with E-state index in [1.54, 1.807) is 19.2 Å². The zero-order valence-corrected chi connectivity index (χ0v) is 12.0. The molecule has 0 aliphatic carbocycles. The van der Waals surface area contributed by atoms with Crippen LogP contribution in [0.15, 0.2) is 48.5 Å². The summed E-state index contributed by atoms with van der Waals surface area (Å²) in [6.45, 7) is 0.919. The van der Waals surface area contributed by atoms with Gasteiger partial charge in [0.2, 0.25) is 0 Å². The van der Waals surface area contributed by atoms with Crippen molar-refractivity contribution in [3.63, 3.8) is 0 Å². The second-order valence-corrected chi connectivity index (χ2v) is 4.82. The van der Waals surface area contributed by atoms with Gasteiger partial charge in [0.15, 0.2) is 5.78 Å². The molecule has 0 atom stereocenters. The largest absolute Gasteiger partial charge is 0.497 e. The highest BCUT2D eigenvalue weighted by Gasteiger charge is 2.06. The molecular weight excluding hydrogens is 274 g/mol. The first-order valence-electron chi connectivity index (χ1n) is 6.31. The first-order valence-corrected chi connectivity index (χ1v) is 6.69. The highest BCUT2D eigenvalue weighted by Crippen LogP contribution is 2.13. The molecule has 20 heavy (non-hydrogen) atoms. The van der Waals surface area contributed by atoms with Gasteiger partial charge in [-0.25, -0.2) is 0 Å². The average Bonchev–Trinajstić information content (AvgIpc) is 2.49. The van der Waals surface area contributed by atoms with Crippen LogP contribution in [0.1, 0.15) is 15.9 Å². The van der Waals surface area contributed by atoms with Crippen molar-refractivity contribution in [2.24, 2.45) is 0 Å². The number of nitrogens with one attached hydrogen (secondary N) is 1. The summed E-state index contributed by atoms with van der Waals surface area (Å²) in [4.78, 5) is 12.0. The lowest BCUT2D eigenvalue weighted by Crippen LogP contribution is -2.22. The quantitative estimate of drug-likeness (QED) is 0.829. The van der Waals surface area contributed by atoms with Gasteiger partial charge in [-0.1, -0.05) is 35.9 Å². The van der Waals surface area contributed by atoms with Crippen LogP contribution >= 0.6 is 11.6 Å². The lowest BCUT2D eigenvalue weighted by atomic mass is 10.1. The molecule has 2 aromatic rings. The molecule has 0 bridgehead atoms. The first-order chi connectivity index (χ1) is 9.69. The van der Waals surface area contributed by atoms with Crippen molar-refractivity contribution < 1.29 is 9.53 Å². The van der Waals surface area contributed by atoms with Crippen LogP contribution in [0.3, 0.4) is 0 Å². The molecule has 0 aliphatic rings. The first kappa shape index (κ1) is 14.6. The predicted molar refractivity (Wildman–Crippen MR) is 80.5 cm³/mol. The molecule has 2 aromatic carbocycles. The lowest BCUT2D eigenvalue weighted by molar-refractivity contribution is 0.0990. The van der Waals surface area contributed by atoms with Crippen molar-refractivity contribution in [1.29, 1.82) is 0 Å². The number of carbonyl (C=O) groups excluding carboxylic acids is 1. The molecule has 1 N–H and O–H groups in total. The number of Topliss-reactive ketones (excluding diaryl/α,β-unsaturated/α-hetero) is 1. The van der Waals surface area contributed by atoms with Crippen molar-refractivity contribution in [2.75, 3.05) is 13.7 Å².